The van der Waals surface area contributed by atoms with Crippen LogP contribution < -0.4 is 5.73 Å². The normalized spacial score (nSPS) is 12.7. The number of pyridine rings is 1. The first kappa shape index (κ1) is 10.5. The van der Waals surface area contributed by atoms with Crippen molar-refractivity contribution >= 4 is 22.9 Å². The molecule has 2 heterocycles. The molecule has 2 aromatic heterocycles. The van der Waals surface area contributed by atoms with Crippen molar-refractivity contribution in [3.8, 4) is 0 Å². The van der Waals surface area contributed by atoms with E-state index in [9.17, 15) is 0 Å². The fraction of sp³-hybridized carbons (Fsp3) is 0.200. The number of rotatable bonds is 3. The highest BCUT2D eigenvalue weighted by Gasteiger charge is 2.09. The molecule has 0 amide bonds. The van der Waals surface area contributed by atoms with Crippen LogP contribution in [0.5, 0.6) is 0 Å². The van der Waals surface area contributed by atoms with Crippen molar-refractivity contribution < 1.29 is 0 Å². The lowest BCUT2D eigenvalue weighted by Crippen LogP contribution is -2.14. The van der Waals surface area contributed by atoms with Crippen LogP contribution in [0.2, 0.25) is 5.02 Å². The smallest absolute Gasteiger partial charge is 0.0794 e. The van der Waals surface area contributed by atoms with E-state index in [2.05, 4.69) is 9.97 Å². The summed E-state index contributed by atoms with van der Waals surface area (Å²) in [7, 11) is 0. The van der Waals surface area contributed by atoms with E-state index in [0.717, 1.165) is 12.1 Å². The molecule has 0 saturated heterocycles. The second-order valence-electron chi connectivity index (χ2n) is 3.18. The van der Waals surface area contributed by atoms with Gasteiger partial charge in [0.15, 0.2) is 0 Å². The molecule has 0 saturated carbocycles. The zero-order valence-electron chi connectivity index (χ0n) is 7.93. The van der Waals surface area contributed by atoms with E-state index in [1.54, 1.807) is 29.1 Å². The third-order valence-electron chi connectivity index (χ3n) is 2.03. The second kappa shape index (κ2) is 4.70. The fourth-order valence-electron chi connectivity index (χ4n) is 1.27. The molecule has 3 nitrogen and oxygen atoms in total. The van der Waals surface area contributed by atoms with E-state index in [4.69, 9.17) is 17.3 Å². The predicted molar refractivity (Wildman–Crippen MR) is 62.0 cm³/mol. The van der Waals surface area contributed by atoms with Crippen molar-refractivity contribution in [1.29, 1.82) is 0 Å². The minimum Gasteiger partial charge on any atom is -0.322 e. The highest BCUT2D eigenvalue weighted by molar-refractivity contribution is 7.09. The van der Waals surface area contributed by atoms with Gasteiger partial charge >= 0.3 is 0 Å². The molecule has 78 valence electrons. The van der Waals surface area contributed by atoms with Gasteiger partial charge < -0.3 is 5.73 Å². The van der Waals surface area contributed by atoms with E-state index in [1.165, 1.54) is 4.88 Å². The summed E-state index contributed by atoms with van der Waals surface area (Å²) in [5, 5.41) is 0.628. The van der Waals surface area contributed by atoms with Gasteiger partial charge in [0.05, 0.1) is 22.3 Å². The van der Waals surface area contributed by atoms with E-state index in [0.29, 0.717) is 5.02 Å². The molecule has 0 fully saturated rings. The van der Waals surface area contributed by atoms with Crippen molar-refractivity contribution in [2.75, 3.05) is 0 Å². The molecule has 1 atom stereocenters. The number of hydrogen-bond donors (Lipinski definition) is 1. The Morgan fingerprint density at radius 2 is 2.27 bits per heavy atom. The number of thiazole rings is 1. The molecule has 5 heteroatoms. The van der Waals surface area contributed by atoms with Crippen LogP contribution in [-0.2, 0) is 6.42 Å². The average Bonchev–Trinajstić information content (AvgIpc) is 2.71. The standard InChI is InChI=1S/C10H10ClN3S/c11-7-1-2-10(14-4-7)9(12)3-8-5-13-6-15-8/h1-2,4-6,9H,3,12H2. The molecule has 2 aromatic rings. The Bertz CT molecular complexity index is 413. The van der Waals surface area contributed by atoms with Crippen LogP contribution in [0.15, 0.2) is 30.0 Å². The minimum atomic E-state index is -0.0947. The quantitative estimate of drug-likeness (QED) is 0.895. The Hall–Kier alpha value is -0.970. The molecule has 0 aromatic carbocycles. The number of halogens is 1. The molecule has 0 bridgehead atoms. The van der Waals surface area contributed by atoms with Crippen LogP contribution in [0, 0.1) is 0 Å². The molecule has 15 heavy (non-hydrogen) atoms. The molecule has 0 radical (unpaired) electrons. The van der Waals surface area contributed by atoms with Gasteiger partial charge in [-0.3, -0.25) is 9.97 Å². The molecule has 0 spiro atoms. The van der Waals surface area contributed by atoms with E-state index in [1.807, 2.05) is 12.3 Å². The van der Waals surface area contributed by atoms with Gasteiger partial charge in [0.1, 0.15) is 0 Å². The van der Waals surface area contributed by atoms with E-state index < -0.39 is 0 Å². The molecule has 0 aliphatic heterocycles. The topological polar surface area (TPSA) is 51.8 Å². The van der Waals surface area contributed by atoms with Crippen molar-refractivity contribution in [3.05, 3.63) is 45.6 Å². The highest BCUT2D eigenvalue weighted by Crippen LogP contribution is 2.17. The number of hydrogen-bond acceptors (Lipinski definition) is 4. The minimum absolute atomic E-state index is 0.0947. The van der Waals surface area contributed by atoms with Crippen LogP contribution in [0.4, 0.5) is 0 Å². The molecule has 0 aliphatic rings. The maximum Gasteiger partial charge on any atom is 0.0794 e. The Morgan fingerprint density at radius 1 is 1.40 bits per heavy atom. The third kappa shape index (κ3) is 2.75. The zero-order chi connectivity index (χ0) is 10.7. The summed E-state index contributed by atoms with van der Waals surface area (Å²) in [6.45, 7) is 0. The summed E-state index contributed by atoms with van der Waals surface area (Å²) in [5.41, 5.74) is 8.67. The Balaban J connectivity index is 2.08. The maximum atomic E-state index is 6.01. The van der Waals surface area contributed by atoms with Crippen LogP contribution >= 0.6 is 22.9 Å². The van der Waals surface area contributed by atoms with Gasteiger partial charge in [-0.25, -0.2) is 0 Å². The van der Waals surface area contributed by atoms with Gasteiger partial charge in [-0.05, 0) is 12.1 Å². The fourth-order valence-corrected chi connectivity index (χ4v) is 2.04. The first-order valence-electron chi connectivity index (χ1n) is 4.50. The molecular formula is C10H10ClN3S. The van der Waals surface area contributed by atoms with Crippen molar-refractivity contribution in [2.24, 2.45) is 5.73 Å². The summed E-state index contributed by atoms with van der Waals surface area (Å²) in [5.74, 6) is 0. The molecule has 2 N–H and O–H groups in total. The third-order valence-corrected chi connectivity index (χ3v) is 3.06. The summed E-state index contributed by atoms with van der Waals surface area (Å²) in [4.78, 5) is 9.36. The van der Waals surface area contributed by atoms with Crippen LogP contribution in [0.3, 0.4) is 0 Å². The number of nitrogens with zero attached hydrogens (tertiary/aromatic N) is 2. The Labute approximate surface area is 96.9 Å². The zero-order valence-corrected chi connectivity index (χ0v) is 9.50. The van der Waals surface area contributed by atoms with Crippen molar-refractivity contribution in [1.82, 2.24) is 9.97 Å². The lowest BCUT2D eigenvalue weighted by atomic mass is 10.1. The Kier molecular flexibility index (Phi) is 3.30. The summed E-state index contributed by atoms with van der Waals surface area (Å²) in [6.07, 6.45) is 4.21. The van der Waals surface area contributed by atoms with Crippen molar-refractivity contribution in [3.63, 3.8) is 0 Å². The lowest BCUT2D eigenvalue weighted by molar-refractivity contribution is 0.703. The van der Waals surface area contributed by atoms with Crippen LogP contribution in [0.1, 0.15) is 16.6 Å². The number of aromatic nitrogens is 2. The lowest BCUT2D eigenvalue weighted by Gasteiger charge is -2.08. The number of nitrogens with two attached hydrogens (primary N) is 1. The summed E-state index contributed by atoms with van der Waals surface area (Å²) < 4.78 is 0. The van der Waals surface area contributed by atoms with Crippen LogP contribution in [-0.4, -0.2) is 9.97 Å². The average molecular weight is 240 g/mol. The molecular weight excluding hydrogens is 230 g/mol. The van der Waals surface area contributed by atoms with Gasteiger partial charge in [0.25, 0.3) is 0 Å². The Morgan fingerprint density at radius 3 is 2.87 bits per heavy atom. The maximum absolute atomic E-state index is 6.01. The van der Waals surface area contributed by atoms with Gasteiger partial charge in [0, 0.05) is 23.7 Å². The van der Waals surface area contributed by atoms with E-state index >= 15 is 0 Å². The summed E-state index contributed by atoms with van der Waals surface area (Å²) in [6, 6.07) is 3.56. The van der Waals surface area contributed by atoms with Gasteiger partial charge in [-0.2, -0.15) is 0 Å². The highest BCUT2D eigenvalue weighted by atomic mass is 35.5. The largest absolute Gasteiger partial charge is 0.322 e. The first-order chi connectivity index (χ1) is 7.25. The molecule has 2 rings (SSSR count). The monoisotopic (exact) mass is 239 g/mol. The second-order valence-corrected chi connectivity index (χ2v) is 4.59. The van der Waals surface area contributed by atoms with Gasteiger partial charge in [0.2, 0.25) is 0 Å². The first-order valence-corrected chi connectivity index (χ1v) is 5.76. The van der Waals surface area contributed by atoms with Gasteiger partial charge in [-0.1, -0.05) is 11.6 Å². The SMILES string of the molecule is NC(Cc1cncs1)c1ccc(Cl)cn1. The van der Waals surface area contributed by atoms with Gasteiger partial charge in [-0.15, -0.1) is 11.3 Å². The van der Waals surface area contributed by atoms with Crippen LogP contribution in [0.25, 0.3) is 0 Å². The van der Waals surface area contributed by atoms with Crippen molar-refractivity contribution in [2.45, 2.75) is 12.5 Å². The molecule has 1 unspecified atom stereocenters. The summed E-state index contributed by atoms with van der Waals surface area (Å²) >= 11 is 7.35. The predicted octanol–water partition coefficient (Wildman–Crippen LogP) is 2.43. The molecule has 0 aliphatic carbocycles. The van der Waals surface area contributed by atoms with E-state index in [-0.39, 0.29) is 6.04 Å².